The standard InChI is InChI=1S/C21H21N3O2/c25-21(15-24-20-9-5-4-6-16(20)14-22-24)23-17-10-12-19(13-11-17)26-18-7-2-1-3-8-18/h1-3,7-8,10-14H,4-6,9,15H2,(H,23,25). The number of carbonyl (C=O) groups excluding carboxylic acids is 1. The summed E-state index contributed by atoms with van der Waals surface area (Å²) >= 11 is 0. The van der Waals surface area contributed by atoms with Crippen molar-refractivity contribution in [2.75, 3.05) is 5.32 Å². The molecule has 1 aliphatic carbocycles. The molecule has 1 heterocycles. The van der Waals surface area contributed by atoms with Crippen molar-refractivity contribution >= 4 is 11.6 Å². The van der Waals surface area contributed by atoms with Crippen LogP contribution in [0.15, 0.2) is 60.8 Å². The summed E-state index contributed by atoms with van der Waals surface area (Å²) in [6, 6.07) is 17.0. The van der Waals surface area contributed by atoms with Crippen LogP contribution < -0.4 is 10.1 Å². The normalized spacial score (nSPS) is 13.1. The number of para-hydroxylation sites is 1. The second kappa shape index (κ2) is 7.44. The van der Waals surface area contributed by atoms with Crippen molar-refractivity contribution < 1.29 is 9.53 Å². The molecule has 0 saturated carbocycles. The maximum Gasteiger partial charge on any atom is 0.246 e. The molecule has 0 bridgehead atoms. The number of carbonyl (C=O) groups is 1. The van der Waals surface area contributed by atoms with Gasteiger partial charge in [0.2, 0.25) is 5.91 Å². The van der Waals surface area contributed by atoms with Gasteiger partial charge in [-0.25, -0.2) is 0 Å². The molecule has 4 rings (SSSR count). The van der Waals surface area contributed by atoms with Gasteiger partial charge in [-0.1, -0.05) is 18.2 Å². The molecule has 1 N–H and O–H groups in total. The quantitative estimate of drug-likeness (QED) is 0.753. The number of hydrogen-bond acceptors (Lipinski definition) is 3. The predicted octanol–water partition coefficient (Wildman–Crippen LogP) is 4.19. The van der Waals surface area contributed by atoms with Crippen molar-refractivity contribution in [2.45, 2.75) is 32.2 Å². The Kier molecular flexibility index (Phi) is 4.69. The van der Waals surface area contributed by atoms with Crippen molar-refractivity contribution in [3.8, 4) is 11.5 Å². The van der Waals surface area contributed by atoms with Gasteiger partial charge < -0.3 is 10.1 Å². The van der Waals surface area contributed by atoms with Gasteiger partial charge in [0.1, 0.15) is 18.0 Å². The van der Waals surface area contributed by atoms with Gasteiger partial charge >= 0.3 is 0 Å². The van der Waals surface area contributed by atoms with Crippen LogP contribution >= 0.6 is 0 Å². The van der Waals surface area contributed by atoms with Crippen molar-refractivity contribution in [3.05, 3.63) is 72.1 Å². The highest BCUT2D eigenvalue weighted by molar-refractivity contribution is 5.90. The average Bonchev–Trinajstić information content (AvgIpc) is 3.07. The van der Waals surface area contributed by atoms with E-state index in [0.717, 1.165) is 30.0 Å². The Bertz CT molecular complexity index is 885. The molecule has 26 heavy (non-hydrogen) atoms. The van der Waals surface area contributed by atoms with Gasteiger partial charge in [0.15, 0.2) is 0 Å². The third-order valence-corrected chi connectivity index (χ3v) is 4.56. The molecule has 0 saturated heterocycles. The van der Waals surface area contributed by atoms with Crippen molar-refractivity contribution in [2.24, 2.45) is 0 Å². The minimum Gasteiger partial charge on any atom is -0.457 e. The van der Waals surface area contributed by atoms with Crippen LogP contribution in [0.4, 0.5) is 5.69 Å². The summed E-state index contributed by atoms with van der Waals surface area (Å²) in [4.78, 5) is 12.3. The molecule has 3 aromatic rings. The molecule has 5 nitrogen and oxygen atoms in total. The van der Waals surface area contributed by atoms with Crippen LogP contribution in [-0.2, 0) is 24.2 Å². The molecular weight excluding hydrogens is 326 g/mol. The van der Waals surface area contributed by atoms with Crippen LogP contribution in [0.1, 0.15) is 24.1 Å². The highest BCUT2D eigenvalue weighted by atomic mass is 16.5. The Morgan fingerprint density at radius 1 is 1.00 bits per heavy atom. The molecule has 0 spiro atoms. The number of anilines is 1. The highest BCUT2D eigenvalue weighted by Gasteiger charge is 2.16. The highest BCUT2D eigenvalue weighted by Crippen LogP contribution is 2.23. The summed E-state index contributed by atoms with van der Waals surface area (Å²) in [6.45, 7) is 0.248. The van der Waals surface area contributed by atoms with Crippen molar-refractivity contribution in [1.82, 2.24) is 9.78 Å². The zero-order valence-electron chi connectivity index (χ0n) is 14.5. The molecule has 1 aromatic heterocycles. The third kappa shape index (κ3) is 3.77. The van der Waals surface area contributed by atoms with Crippen LogP contribution in [0.25, 0.3) is 0 Å². The first kappa shape index (κ1) is 16.4. The Labute approximate surface area is 152 Å². The van der Waals surface area contributed by atoms with Gasteiger partial charge in [0.25, 0.3) is 0 Å². The number of ether oxygens (including phenoxy) is 1. The van der Waals surface area contributed by atoms with Gasteiger partial charge in [0.05, 0.1) is 6.20 Å². The average molecular weight is 347 g/mol. The number of hydrogen-bond donors (Lipinski definition) is 1. The topological polar surface area (TPSA) is 56.2 Å². The zero-order chi connectivity index (χ0) is 17.8. The Hall–Kier alpha value is -3.08. The summed E-state index contributed by atoms with van der Waals surface area (Å²) in [7, 11) is 0. The number of rotatable bonds is 5. The number of aryl methyl sites for hydroxylation is 1. The summed E-state index contributed by atoms with van der Waals surface area (Å²) in [5, 5.41) is 7.30. The minimum atomic E-state index is -0.0711. The fourth-order valence-electron chi connectivity index (χ4n) is 3.26. The van der Waals surface area contributed by atoms with E-state index in [0.29, 0.717) is 0 Å². The molecule has 0 unspecified atom stereocenters. The molecule has 2 aromatic carbocycles. The monoisotopic (exact) mass is 347 g/mol. The molecule has 0 radical (unpaired) electrons. The smallest absolute Gasteiger partial charge is 0.246 e. The summed E-state index contributed by atoms with van der Waals surface area (Å²) in [5.41, 5.74) is 3.24. The van der Waals surface area contributed by atoms with E-state index in [9.17, 15) is 4.79 Å². The number of aromatic nitrogens is 2. The lowest BCUT2D eigenvalue weighted by atomic mass is 9.98. The molecule has 1 aliphatic rings. The second-order valence-corrected chi connectivity index (χ2v) is 6.47. The van der Waals surface area contributed by atoms with E-state index in [-0.39, 0.29) is 12.5 Å². The molecule has 0 atom stereocenters. The molecule has 5 heteroatoms. The van der Waals surface area contributed by atoms with E-state index >= 15 is 0 Å². The summed E-state index contributed by atoms with van der Waals surface area (Å²) in [5.74, 6) is 1.45. The Morgan fingerprint density at radius 2 is 1.73 bits per heavy atom. The number of nitrogens with one attached hydrogen (secondary N) is 1. The number of nitrogens with zero attached hydrogens (tertiary/aromatic N) is 2. The predicted molar refractivity (Wildman–Crippen MR) is 100 cm³/mol. The minimum absolute atomic E-state index is 0.0711. The number of benzene rings is 2. The van der Waals surface area contributed by atoms with E-state index in [1.807, 2.05) is 65.5 Å². The number of amides is 1. The van der Waals surface area contributed by atoms with E-state index in [4.69, 9.17) is 4.74 Å². The van der Waals surface area contributed by atoms with Crippen LogP contribution in [0.2, 0.25) is 0 Å². The maximum atomic E-state index is 12.3. The van der Waals surface area contributed by atoms with Gasteiger partial charge in [0, 0.05) is 11.4 Å². The van der Waals surface area contributed by atoms with E-state index in [1.165, 1.54) is 24.1 Å². The summed E-state index contributed by atoms with van der Waals surface area (Å²) in [6.07, 6.45) is 6.36. The van der Waals surface area contributed by atoms with Crippen LogP contribution in [-0.4, -0.2) is 15.7 Å². The molecule has 1 amide bonds. The lowest BCUT2D eigenvalue weighted by molar-refractivity contribution is -0.116. The summed E-state index contributed by atoms with van der Waals surface area (Å²) < 4.78 is 7.59. The van der Waals surface area contributed by atoms with E-state index < -0.39 is 0 Å². The number of fused-ring (bicyclic) bond motifs is 1. The fraction of sp³-hybridized carbons (Fsp3) is 0.238. The first-order valence-electron chi connectivity index (χ1n) is 8.94. The zero-order valence-corrected chi connectivity index (χ0v) is 14.5. The van der Waals surface area contributed by atoms with Gasteiger partial charge in [-0.15, -0.1) is 0 Å². The van der Waals surface area contributed by atoms with E-state index in [2.05, 4.69) is 10.4 Å². The molecular formula is C21H21N3O2. The first-order chi connectivity index (χ1) is 12.8. The second-order valence-electron chi connectivity index (χ2n) is 6.47. The van der Waals surface area contributed by atoms with Crippen molar-refractivity contribution in [3.63, 3.8) is 0 Å². The van der Waals surface area contributed by atoms with Crippen LogP contribution in [0.3, 0.4) is 0 Å². The lowest BCUT2D eigenvalue weighted by Crippen LogP contribution is -2.21. The van der Waals surface area contributed by atoms with Crippen LogP contribution in [0.5, 0.6) is 11.5 Å². The third-order valence-electron chi connectivity index (χ3n) is 4.56. The molecule has 132 valence electrons. The SMILES string of the molecule is O=C(Cn1ncc2c1CCCC2)Nc1ccc(Oc2ccccc2)cc1. The molecule has 0 fully saturated rings. The largest absolute Gasteiger partial charge is 0.457 e. The Balaban J connectivity index is 1.36. The van der Waals surface area contributed by atoms with Crippen molar-refractivity contribution in [1.29, 1.82) is 0 Å². The molecule has 0 aliphatic heterocycles. The van der Waals surface area contributed by atoms with Crippen LogP contribution in [0, 0.1) is 0 Å². The van der Waals surface area contributed by atoms with Gasteiger partial charge in [-0.05, 0) is 67.6 Å². The maximum absolute atomic E-state index is 12.3. The van der Waals surface area contributed by atoms with Gasteiger partial charge in [-0.3, -0.25) is 9.48 Å². The fourth-order valence-corrected chi connectivity index (χ4v) is 3.26. The van der Waals surface area contributed by atoms with E-state index in [1.54, 1.807) is 0 Å². The first-order valence-corrected chi connectivity index (χ1v) is 8.94. The Morgan fingerprint density at radius 3 is 2.54 bits per heavy atom. The van der Waals surface area contributed by atoms with Gasteiger partial charge in [-0.2, -0.15) is 5.10 Å². The lowest BCUT2D eigenvalue weighted by Gasteiger charge is -2.14.